The molecule has 35 heavy (non-hydrogen) atoms. The van der Waals surface area contributed by atoms with Crippen molar-refractivity contribution >= 4 is 5.71 Å². The standard InChI is InChI=1S/C33H29N2/c1-3-31-29-16-10-9-15-28(29)30-19-17-25-13-7-8-14-27(25)32-20-18-26(24-11-5-4-6-12-24)22-35(32)21-23(2)33(30)34-31/h3-16,18,20,22,30,33H,1-2,17,19,21H2/q+1. The number of aryl methyl sites for hydroxylation is 1. The van der Waals surface area contributed by atoms with Crippen LogP contribution in [0.15, 0.2) is 127 Å². The SMILES string of the molecule is C=CC1=NC2C(=C)C[n+]3cc(-c4ccccc4)ccc3-c3ccccc3CCC2c2ccccc21. The number of hydrogen-bond donors (Lipinski definition) is 0. The molecule has 2 aliphatic heterocycles. The van der Waals surface area contributed by atoms with Crippen LogP contribution in [-0.4, -0.2) is 11.8 Å². The average molecular weight is 454 g/mol. The van der Waals surface area contributed by atoms with E-state index in [1.165, 1.54) is 39.1 Å². The maximum Gasteiger partial charge on any atom is 0.213 e. The van der Waals surface area contributed by atoms with Gasteiger partial charge >= 0.3 is 0 Å². The zero-order chi connectivity index (χ0) is 23.8. The predicted molar refractivity (Wildman–Crippen MR) is 145 cm³/mol. The Morgan fingerprint density at radius 2 is 1.54 bits per heavy atom. The number of pyridine rings is 1. The molecule has 0 amide bonds. The minimum atomic E-state index is 0.0314. The first-order valence-electron chi connectivity index (χ1n) is 12.4. The molecule has 2 unspecified atom stereocenters. The number of nitrogens with zero attached hydrogens (tertiary/aromatic N) is 2. The molecule has 0 saturated heterocycles. The highest BCUT2D eigenvalue weighted by molar-refractivity contribution is 6.10. The van der Waals surface area contributed by atoms with Gasteiger partial charge in [0.05, 0.1) is 11.8 Å². The molecule has 2 aliphatic rings. The van der Waals surface area contributed by atoms with Crippen LogP contribution in [0.25, 0.3) is 22.4 Å². The monoisotopic (exact) mass is 453 g/mol. The number of aromatic nitrogens is 1. The normalized spacial score (nSPS) is 18.9. The molecule has 3 heterocycles. The second-order valence-corrected chi connectivity index (χ2v) is 9.51. The first-order valence-corrected chi connectivity index (χ1v) is 12.4. The van der Waals surface area contributed by atoms with Crippen LogP contribution in [0.5, 0.6) is 0 Å². The van der Waals surface area contributed by atoms with E-state index in [0.717, 1.165) is 30.7 Å². The number of fused-ring (bicyclic) bond motifs is 6. The van der Waals surface area contributed by atoms with Crippen LogP contribution >= 0.6 is 0 Å². The van der Waals surface area contributed by atoms with E-state index in [4.69, 9.17) is 4.99 Å². The second-order valence-electron chi connectivity index (χ2n) is 9.51. The predicted octanol–water partition coefficient (Wildman–Crippen LogP) is 6.95. The summed E-state index contributed by atoms with van der Waals surface area (Å²) >= 11 is 0. The Bertz CT molecular complexity index is 1460. The van der Waals surface area contributed by atoms with Gasteiger partial charge in [-0.05, 0) is 47.7 Å². The average Bonchev–Trinajstić information content (AvgIpc) is 2.92. The fourth-order valence-electron chi connectivity index (χ4n) is 5.72. The van der Waals surface area contributed by atoms with Gasteiger partial charge in [0.2, 0.25) is 5.69 Å². The molecule has 6 rings (SSSR count). The van der Waals surface area contributed by atoms with Crippen molar-refractivity contribution in [2.45, 2.75) is 31.3 Å². The quantitative estimate of drug-likeness (QED) is 0.231. The molecule has 3 aromatic carbocycles. The second kappa shape index (κ2) is 8.96. The molecular formula is C33H29N2+. The third kappa shape index (κ3) is 3.85. The van der Waals surface area contributed by atoms with E-state index in [1.807, 2.05) is 6.08 Å². The van der Waals surface area contributed by atoms with Crippen molar-refractivity contribution < 1.29 is 4.57 Å². The van der Waals surface area contributed by atoms with E-state index in [0.29, 0.717) is 5.92 Å². The van der Waals surface area contributed by atoms with Crippen LogP contribution in [0.1, 0.15) is 29.0 Å². The molecule has 0 bridgehead atoms. The maximum atomic E-state index is 5.21. The highest BCUT2D eigenvalue weighted by atomic mass is 15.0. The fraction of sp³-hybridized carbons (Fsp3) is 0.152. The number of hydrogen-bond acceptors (Lipinski definition) is 1. The summed E-state index contributed by atoms with van der Waals surface area (Å²) in [6.07, 6.45) is 6.20. The molecule has 0 N–H and O–H groups in total. The van der Waals surface area contributed by atoms with Crippen LogP contribution in [0, 0.1) is 0 Å². The third-order valence-electron chi connectivity index (χ3n) is 7.43. The smallest absolute Gasteiger partial charge is 0.213 e. The largest absolute Gasteiger partial charge is 0.276 e. The van der Waals surface area contributed by atoms with Crippen LogP contribution in [0.4, 0.5) is 0 Å². The van der Waals surface area contributed by atoms with Gasteiger partial charge in [-0.2, -0.15) is 4.57 Å². The number of aliphatic imine (C=N–C) groups is 1. The molecule has 0 saturated carbocycles. The summed E-state index contributed by atoms with van der Waals surface area (Å²) < 4.78 is 2.37. The van der Waals surface area contributed by atoms with Crippen molar-refractivity contribution in [3.8, 4) is 22.4 Å². The van der Waals surface area contributed by atoms with Crippen molar-refractivity contribution in [2.24, 2.45) is 4.99 Å². The van der Waals surface area contributed by atoms with Gasteiger partial charge in [-0.25, -0.2) is 0 Å². The summed E-state index contributed by atoms with van der Waals surface area (Å²) in [5, 5.41) is 0. The first kappa shape index (κ1) is 21.5. The molecule has 2 atom stereocenters. The fourth-order valence-corrected chi connectivity index (χ4v) is 5.72. The Labute approximate surface area is 207 Å². The topological polar surface area (TPSA) is 16.2 Å². The van der Waals surface area contributed by atoms with E-state index >= 15 is 0 Å². The van der Waals surface area contributed by atoms with Gasteiger partial charge in [0.1, 0.15) is 0 Å². The van der Waals surface area contributed by atoms with Crippen LogP contribution < -0.4 is 4.57 Å². The summed E-state index contributed by atoms with van der Waals surface area (Å²) in [5.41, 5.74) is 11.0. The maximum absolute atomic E-state index is 5.21. The minimum absolute atomic E-state index is 0.0314. The summed E-state index contributed by atoms with van der Waals surface area (Å²) in [5.74, 6) is 0.301. The highest BCUT2D eigenvalue weighted by Gasteiger charge is 2.34. The van der Waals surface area contributed by atoms with Gasteiger partial charge in [0, 0.05) is 34.2 Å². The molecule has 2 nitrogen and oxygen atoms in total. The Morgan fingerprint density at radius 3 is 2.37 bits per heavy atom. The zero-order valence-electron chi connectivity index (χ0n) is 19.9. The third-order valence-corrected chi connectivity index (χ3v) is 7.43. The minimum Gasteiger partial charge on any atom is -0.276 e. The Morgan fingerprint density at radius 1 is 0.800 bits per heavy atom. The molecule has 0 aliphatic carbocycles. The number of benzene rings is 3. The highest BCUT2D eigenvalue weighted by Crippen LogP contribution is 2.39. The van der Waals surface area contributed by atoms with Gasteiger partial charge in [-0.15, -0.1) is 0 Å². The van der Waals surface area contributed by atoms with Crippen LogP contribution in [-0.2, 0) is 13.0 Å². The van der Waals surface area contributed by atoms with Crippen molar-refractivity contribution in [3.05, 3.63) is 139 Å². The lowest BCUT2D eigenvalue weighted by Gasteiger charge is -2.33. The van der Waals surface area contributed by atoms with E-state index in [-0.39, 0.29) is 6.04 Å². The van der Waals surface area contributed by atoms with Crippen LogP contribution in [0.2, 0.25) is 0 Å². The van der Waals surface area contributed by atoms with E-state index in [2.05, 4.69) is 115 Å². The van der Waals surface area contributed by atoms with E-state index in [1.54, 1.807) is 0 Å². The lowest BCUT2D eigenvalue weighted by molar-refractivity contribution is -0.678. The van der Waals surface area contributed by atoms with Crippen molar-refractivity contribution in [1.29, 1.82) is 0 Å². The Hall–Kier alpha value is -4.04. The van der Waals surface area contributed by atoms with Crippen molar-refractivity contribution in [1.82, 2.24) is 0 Å². The van der Waals surface area contributed by atoms with Gasteiger partial charge in [0.25, 0.3) is 0 Å². The summed E-state index contributed by atoms with van der Waals surface area (Å²) in [6, 6.07) is 32.7. The first-order chi connectivity index (χ1) is 17.2. The molecule has 0 radical (unpaired) electrons. The molecule has 2 heteroatoms. The number of allylic oxidation sites excluding steroid dienone is 1. The van der Waals surface area contributed by atoms with Gasteiger partial charge in [0.15, 0.2) is 12.7 Å². The number of rotatable bonds is 2. The molecular weight excluding hydrogens is 424 g/mol. The van der Waals surface area contributed by atoms with Crippen molar-refractivity contribution in [2.75, 3.05) is 0 Å². The van der Waals surface area contributed by atoms with Crippen LogP contribution in [0.3, 0.4) is 0 Å². The molecule has 170 valence electrons. The molecule has 0 fully saturated rings. The Kier molecular flexibility index (Phi) is 5.50. The van der Waals surface area contributed by atoms with Gasteiger partial charge < -0.3 is 0 Å². The zero-order valence-corrected chi connectivity index (χ0v) is 19.9. The molecule has 0 spiro atoms. The van der Waals surface area contributed by atoms with Gasteiger partial charge in [-0.3, -0.25) is 4.99 Å². The Balaban J connectivity index is 1.52. The lowest BCUT2D eigenvalue weighted by Crippen LogP contribution is -2.41. The van der Waals surface area contributed by atoms with E-state index in [9.17, 15) is 0 Å². The van der Waals surface area contributed by atoms with Crippen molar-refractivity contribution in [3.63, 3.8) is 0 Å². The lowest BCUT2D eigenvalue weighted by atomic mass is 9.77. The van der Waals surface area contributed by atoms with Gasteiger partial charge in [-0.1, -0.05) is 86.0 Å². The summed E-state index contributed by atoms with van der Waals surface area (Å²) in [4.78, 5) is 5.21. The molecule has 4 aromatic rings. The summed E-state index contributed by atoms with van der Waals surface area (Å²) in [7, 11) is 0. The summed E-state index contributed by atoms with van der Waals surface area (Å²) in [6.45, 7) is 9.40. The molecule has 1 aromatic heterocycles. The van der Waals surface area contributed by atoms with E-state index < -0.39 is 0 Å².